The van der Waals surface area contributed by atoms with Gasteiger partial charge in [-0.15, -0.1) is 24.8 Å². The lowest BCUT2D eigenvalue weighted by atomic mass is 9.99. The lowest BCUT2D eigenvalue weighted by Crippen LogP contribution is -2.51. The van der Waals surface area contributed by atoms with Crippen molar-refractivity contribution in [3.05, 3.63) is 0 Å². The Morgan fingerprint density at radius 1 is 0.909 bits per heavy atom. The molecule has 0 unspecified atom stereocenters. The molecule has 6 heteroatoms. The summed E-state index contributed by atoms with van der Waals surface area (Å²) >= 11 is 0. The Morgan fingerprint density at radius 2 is 1.55 bits per heavy atom. The van der Waals surface area contributed by atoms with Gasteiger partial charge in [0.05, 0.1) is 0 Å². The summed E-state index contributed by atoms with van der Waals surface area (Å²) in [7, 11) is 0. The molecular weight excluding hydrogens is 321 g/mol. The highest BCUT2D eigenvalue weighted by Crippen LogP contribution is 2.28. The molecule has 0 radical (unpaired) electrons. The van der Waals surface area contributed by atoms with Crippen LogP contribution < -0.4 is 5.73 Å². The molecule has 3 aliphatic rings. The van der Waals surface area contributed by atoms with Crippen molar-refractivity contribution in [3.8, 4) is 0 Å². The van der Waals surface area contributed by atoms with Crippen molar-refractivity contribution in [1.29, 1.82) is 0 Å². The molecule has 3 rings (SSSR count). The first-order chi connectivity index (χ1) is 9.74. The number of carbonyl (C=O) groups is 1. The van der Waals surface area contributed by atoms with Crippen molar-refractivity contribution in [3.63, 3.8) is 0 Å². The van der Waals surface area contributed by atoms with Gasteiger partial charge in [-0.2, -0.15) is 0 Å². The summed E-state index contributed by atoms with van der Waals surface area (Å²) in [5.74, 6) is 0.786. The number of rotatable bonds is 3. The van der Waals surface area contributed by atoms with Crippen LogP contribution in [-0.4, -0.2) is 54.0 Å². The number of hydrogen-bond acceptors (Lipinski definition) is 3. The third-order valence-corrected chi connectivity index (χ3v) is 5.66. The molecule has 0 aromatic carbocycles. The monoisotopic (exact) mass is 351 g/mol. The molecule has 2 atom stereocenters. The van der Waals surface area contributed by atoms with Crippen LogP contribution in [0.2, 0.25) is 0 Å². The van der Waals surface area contributed by atoms with Gasteiger partial charge in [-0.25, -0.2) is 0 Å². The Hall–Kier alpha value is -0.0300. The van der Waals surface area contributed by atoms with Gasteiger partial charge >= 0.3 is 0 Å². The van der Waals surface area contributed by atoms with E-state index >= 15 is 0 Å². The zero-order valence-corrected chi connectivity index (χ0v) is 15.0. The zero-order valence-electron chi connectivity index (χ0n) is 13.4. The third kappa shape index (κ3) is 4.73. The number of piperazine rings is 1. The smallest absolute Gasteiger partial charge is 0.222 e. The molecule has 0 spiro atoms. The molecule has 0 aromatic rings. The number of halogens is 2. The summed E-state index contributed by atoms with van der Waals surface area (Å²) in [5, 5.41) is 0. The fraction of sp³-hybridized carbons (Fsp3) is 0.938. The molecule has 2 N–H and O–H groups in total. The average Bonchev–Trinajstić information content (AvgIpc) is 3.12. The first kappa shape index (κ1) is 20.0. The largest absolute Gasteiger partial charge is 0.340 e. The Balaban J connectivity index is 0.00000121. The molecule has 22 heavy (non-hydrogen) atoms. The second-order valence-corrected chi connectivity index (χ2v) is 6.91. The standard InChI is InChI=1S/C16H29N3O.2ClH/c17-15-7-3-4-13(15)12-16(20)19-10-8-18(9-11-19)14-5-1-2-6-14;;/h13-15H,1-12,17H2;2*1H/t13-,15+;;/m0../s1. The molecule has 0 aromatic heterocycles. The second kappa shape index (κ2) is 9.31. The van der Waals surface area contributed by atoms with Crippen LogP contribution in [0.25, 0.3) is 0 Å². The molecule has 4 nitrogen and oxygen atoms in total. The van der Waals surface area contributed by atoms with Crippen LogP contribution in [-0.2, 0) is 4.79 Å². The highest BCUT2D eigenvalue weighted by atomic mass is 35.5. The SMILES string of the molecule is Cl.Cl.N[C@@H]1CCC[C@H]1CC(=O)N1CCN(C2CCCC2)CC1. The van der Waals surface area contributed by atoms with Crippen LogP contribution in [0.4, 0.5) is 0 Å². The van der Waals surface area contributed by atoms with Gasteiger partial charge in [0.2, 0.25) is 5.91 Å². The van der Waals surface area contributed by atoms with Gasteiger partial charge in [-0.05, 0) is 31.6 Å². The van der Waals surface area contributed by atoms with E-state index in [0.717, 1.165) is 45.1 Å². The fourth-order valence-corrected chi connectivity index (χ4v) is 4.28. The van der Waals surface area contributed by atoms with Crippen LogP contribution in [0.5, 0.6) is 0 Å². The van der Waals surface area contributed by atoms with Gasteiger partial charge in [-0.1, -0.05) is 19.3 Å². The molecule has 1 saturated heterocycles. The predicted octanol–water partition coefficient (Wildman–Crippen LogP) is 2.43. The minimum Gasteiger partial charge on any atom is -0.340 e. The summed E-state index contributed by atoms with van der Waals surface area (Å²) < 4.78 is 0. The van der Waals surface area contributed by atoms with Gasteiger partial charge in [0.15, 0.2) is 0 Å². The topological polar surface area (TPSA) is 49.6 Å². The van der Waals surface area contributed by atoms with Gasteiger partial charge in [-0.3, -0.25) is 9.69 Å². The Bertz CT molecular complexity index is 342. The fourth-order valence-electron chi connectivity index (χ4n) is 4.28. The van der Waals surface area contributed by atoms with Crippen molar-refractivity contribution in [1.82, 2.24) is 9.80 Å². The Morgan fingerprint density at radius 3 is 2.09 bits per heavy atom. The molecule has 3 fully saturated rings. The zero-order chi connectivity index (χ0) is 13.9. The predicted molar refractivity (Wildman–Crippen MR) is 94.8 cm³/mol. The highest BCUT2D eigenvalue weighted by molar-refractivity contribution is 5.85. The third-order valence-electron chi connectivity index (χ3n) is 5.66. The summed E-state index contributed by atoms with van der Waals surface area (Å²) in [6, 6.07) is 1.06. The second-order valence-electron chi connectivity index (χ2n) is 6.91. The van der Waals surface area contributed by atoms with E-state index in [-0.39, 0.29) is 30.9 Å². The molecule has 130 valence electrons. The number of nitrogens with zero attached hydrogens (tertiary/aromatic N) is 2. The Labute approximate surface area is 147 Å². The lowest BCUT2D eigenvalue weighted by molar-refractivity contribution is -0.134. The van der Waals surface area contributed by atoms with Gasteiger partial charge in [0.1, 0.15) is 0 Å². The van der Waals surface area contributed by atoms with E-state index < -0.39 is 0 Å². The van der Waals surface area contributed by atoms with Crippen molar-refractivity contribution in [2.24, 2.45) is 11.7 Å². The van der Waals surface area contributed by atoms with Crippen LogP contribution >= 0.6 is 24.8 Å². The van der Waals surface area contributed by atoms with Crippen molar-refractivity contribution in [2.75, 3.05) is 26.2 Å². The minimum atomic E-state index is 0. The summed E-state index contributed by atoms with van der Waals surface area (Å²) in [4.78, 5) is 17.1. The summed E-state index contributed by atoms with van der Waals surface area (Å²) in [5.41, 5.74) is 6.08. The van der Waals surface area contributed by atoms with Gasteiger partial charge < -0.3 is 10.6 Å². The maximum atomic E-state index is 12.4. The summed E-state index contributed by atoms with van der Waals surface area (Å²) in [6.07, 6.45) is 9.66. The maximum absolute atomic E-state index is 12.4. The molecular formula is C16H31Cl2N3O. The first-order valence-electron chi connectivity index (χ1n) is 8.51. The molecule has 1 amide bonds. The normalized spacial score (nSPS) is 30.0. The molecule has 2 saturated carbocycles. The first-order valence-corrected chi connectivity index (χ1v) is 8.51. The number of hydrogen-bond donors (Lipinski definition) is 1. The number of nitrogens with two attached hydrogens (primary N) is 1. The van der Waals surface area contributed by atoms with E-state index in [2.05, 4.69) is 9.80 Å². The summed E-state index contributed by atoms with van der Waals surface area (Å²) in [6.45, 7) is 4.01. The van der Waals surface area contributed by atoms with E-state index in [1.165, 1.54) is 32.1 Å². The van der Waals surface area contributed by atoms with Crippen LogP contribution in [0.3, 0.4) is 0 Å². The van der Waals surface area contributed by atoms with Crippen LogP contribution in [0, 0.1) is 5.92 Å². The number of amides is 1. The number of carbonyl (C=O) groups excluding carboxylic acids is 1. The quantitative estimate of drug-likeness (QED) is 0.849. The molecule has 1 aliphatic heterocycles. The van der Waals surface area contributed by atoms with E-state index in [9.17, 15) is 4.79 Å². The van der Waals surface area contributed by atoms with E-state index in [0.29, 0.717) is 18.2 Å². The van der Waals surface area contributed by atoms with Gasteiger partial charge in [0, 0.05) is 44.7 Å². The minimum absolute atomic E-state index is 0. The molecule has 2 aliphatic carbocycles. The average molecular weight is 352 g/mol. The van der Waals surface area contributed by atoms with Crippen molar-refractivity contribution < 1.29 is 4.79 Å². The highest BCUT2D eigenvalue weighted by Gasteiger charge is 2.31. The Kier molecular flexibility index (Phi) is 8.47. The molecule has 0 bridgehead atoms. The van der Waals surface area contributed by atoms with E-state index in [4.69, 9.17) is 5.73 Å². The van der Waals surface area contributed by atoms with E-state index in [1.807, 2.05) is 0 Å². The lowest BCUT2D eigenvalue weighted by Gasteiger charge is -2.38. The van der Waals surface area contributed by atoms with Crippen molar-refractivity contribution >= 4 is 30.7 Å². The van der Waals surface area contributed by atoms with Crippen LogP contribution in [0.15, 0.2) is 0 Å². The maximum Gasteiger partial charge on any atom is 0.222 e. The van der Waals surface area contributed by atoms with E-state index in [1.54, 1.807) is 0 Å². The van der Waals surface area contributed by atoms with Gasteiger partial charge in [0.25, 0.3) is 0 Å². The molecule has 1 heterocycles. The van der Waals surface area contributed by atoms with Crippen LogP contribution in [0.1, 0.15) is 51.4 Å². The van der Waals surface area contributed by atoms with Crippen molar-refractivity contribution in [2.45, 2.75) is 63.5 Å².